The fraction of sp³-hybridized carbons (Fsp3) is 0.400. The van der Waals surface area contributed by atoms with E-state index in [1.807, 2.05) is 36.4 Å². The second-order valence-corrected chi connectivity index (χ2v) is 4.46. The highest BCUT2D eigenvalue weighted by atomic mass is 16.5. The Morgan fingerprint density at radius 3 is 2.55 bits per heavy atom. The first-order valence-electron chi connectivity index (χ1n) is 6.33. The number of carbonyl (C=O) groups is 2. The Morgan fingerprint density at radius 1 is 1.35 bits per heavy atom. The van der Waals surface area contributed by atoms with E-state index in [9.17, 15) is 9.59 Å². The van der Waals surface area contributed by atoms with E-state index in [1.54, 1.807) is 7.05 Å². The first kappa shape index (κ1) is 15.7. The van der Waals surface area contributed by atoms with E-state index in [2.05, 4.69) is 4.74 Å². The SMILES string of the molecule is COC(=O)CCN(C)C(=O)C(C#N)Cc1ccccc1. The Balaban J connectivity index is 2.58. The summed E-state index contributed by atoms with van der Waals surface area (Å²) in [6.07, 6.45) is 0.501. The number of hydrogen-bond acceptors (Lipinski definition) is 4. The Bertz CT molecular complexity index is 494. The van der Waals surface area contributed by atoms with Crippen molar-refractivity contribution in [2.45, 2.75) is 12.8 Å². The minimum Gasteiger partial charge on any atom is -0.469 e. The van der Waals surface area contributed by atoms with Gasteiger partial charge in [-0.1, -0.05) is 30.3 Å². The fourth-order valence-corrected chi connectivity index (χ4v) is 1.78. The summed E-state index contributed by atoms with van der Waals surface area (Å²) in [6, 6.07) is 11.4. The van der Waals surface area contributed by atoms with Gasteiger partial charge in [0, 0.05) is 13.6 Å². The van der Waals surface area contributed by atoms with Crippen LogP contribution in [0, 0.1) is 17.2 Å². The number of methoxy groups -OCH3 is 1. The van der Waals surface area contributed by atoms with Gasteiger partial charge in [0.1, 0.15) is 5.92 Å². The summed E-state index contributed by atoms with van der Waals surface area (Å²) in [5, 5.41) is 9.14. The number of rotatable bonds is 6. The molecule has 0 saturated heterocycles. The van der Waals surface area contributed by atoms with E-state index >= 15 is 0 Å². The topological polar surface area (TPSA) is 70.4 Å². The van der Waals surface area contributed by atoms with Gasteiger partial charge in [0.05, 0.1) is 19.6 Å². The fourth-order valence-electron chi connectivity index (χ4n) is 1.78. The van der Waals surface area contributed by atoms with Crippen LogP contribution in [0.4, 0.5) is 0 Å². The van der Waals surface area contributed by atoms with Crippen molar-refractivity contribution in [3.8, 4) is 6.07 Å². The zero-order valence-corrected chi connectivity index (χ0v) is 11.7. The smallest absolute Gasteiger partial charge is 0.307 e. The first-order valence-corrected chi connectivity index (χ1v) is 6.33. The van der Waals surface area contributed by atoms with Gasteiger partial charge in [-0.05, 0) is 12.0 Å². The van der Waals surface area contributed by atoms with Crippen LogP contribution >= 0.6 is 0 Å². The maximum absolute atomic E-state index is 12.1. The molecule has 0 bridgehead atoms. The minimum absolute atomic E-state index is 0.127. The lowest BCUT2D eigenvalue weighted by atomic mass is 9.99. The molecule has 1 amide bonds. The minimum atomic E-state index is -0.736. The predicted molar refractivity (Wildman–Crippen MR) is 73.5 cm³/mol. The Hall–Kier alpha value is -2.35. The highest BCUT2D eigenvalue weighted by Crippen LogP contribution is 2.11. The summed E-state index contributed by atoms with van der Waals surface area (Å²) in [5.74, 6) is -1.39. The van der Waals surface area contributed by atoms with Crippen molar-refractivity contribution < 1.29 is 14.3 Å². The third-order valence-corrected chi connectivity index (χ3v) is 2.99. The molecule has 0 aromatic heterocycles. The summed E-state index contributed by atoms with van der Waals surface area (Å²) in [4.78, 5) is 24.6. The molecule has 5 heteroatoms. The van der Waals surface area contributed by atoms with Crippen LogP contribution in [0.25, 0.3) is 0 Å². The van der Waals surface area contributed by atoms with E-state index in [1.165, 1.54) is 12.0 Å². The lowest BCUT2D eigenvalue weighted by Gasteiger charge is -2.19. The maximum Gasteiger partial charge on any atom is 0.307 e. The molecule has 1 rings (SSSR count). The number of amides is 1. The Morgan fingerprint density at radius 2 is 2.00 bits per heavy atom. The summed E-state index contributed by atoms with van der Waals surface area (Å²) < 4.78 is 4.52. The van der Waals surface area contributed by atoms with Gasteiger partial charge in [-0.2, -0.15) is 5.26 Å². The van der Waals surface area contributed by atoms with E-state index in [0.29, 0.717) is 6.42 Å². The Kier molecular flexibility index (Phi) is 6.24. The molecule has 5 nitrogen and oxygen atoms in total. The van der Waals surface area contributed by atoms with Gasteiger partial charge >= 0.3 is 5.97 Å². The number of nitrogens with zero attached hydrogens (tertiary/aromatic N) is 2. The second kappa shape index (κ2) is 7.95. The first-order chi connectivity index (χ1) is 9.58. The van der Waals surface area contributed by atoms with Crippen LogP contribution in [0.5, 0.6) is 0 Å². The van der Waals surface area contributed by atoms with Crippen LogP contribution in [0.2, 0.25) is 0 Å². The molecule has 1 unspecified atom stereocenters. The molecule has 0 aliphatic heterocycles. The average Bonchev–Trinajstić information content (AvgIpc) is 2.50. The van der Waals surface area contributed by atoms with Crippen LogP contribution in [-0.4, -0.2) is 37.5 Å². The molecular weight excluding hydrogens is 256 g/mol. The van der Waals surface area contributed by atoms with E-state index in [4.69, 9.17) is 5.26 Å². The van der Waals surface area contributed by atoms with Crippen molar-refractivity contribution >= 4 is 11.9 Å². The number of hydrogen-bond donors (Lipinski definition) is 0. The van der Waals surface area contributed by atoms with Crippen LogP contribution in [0.1, 0.15) is 12.0 Å². The predicted octanol–water partition coefficient (Wildman–Crippen LogP) is 1.39. The standard InChI is InChI=1S/C15H18N2O3/c1-17(9-8-14(18)20-2)15(19)13(11-16)10-12-6-4-3-5-7-12/h3-7,13H,8-10H2,1-2H3. The largest absolute Gasteiger partial charge is 0.469 e. The van der Waals surface area contributed by atoms with Crippen molar-refractivity contribution in [3.63, 3.8) is 0 Å². The highest BCUT2D eigenvalue weighted by Gasteiger charge is 2.22. The van der Waals surface area contributed by atoms with Crippen molar-refractivity contribution in [2.75, 3.05) is 20.7 Å². The normalized spacial score (nSPS) is 11.2. The molecule has 0 radical (unpaired) electrons. The lowest BCUT2D eigenvalue weighted by molar-refractivity contribution is -0.141. The lowest BCUT2D eigenvalue weighted by Crippen LogP contribution is -2.35. The molecule has 0 spiro atoms. The summed E-state index contributed by atoms with van der Waals surface area (Å²) in [6.45, 7) is 0.248. The van der Waals surface area contributed by atoms with Gasteiger partial charge in [-0.25, -0.2) is 0 Å². The quantitative estimate of drug-likeness (QED) is 0.735. The molecule has 1 aromatic rings. The van der Waals surface area contributed by atoms with Gasteiger partial charge < -0.3 is 9.64 Å². The van der Waals surface area contributed by atoms with E-state index in [-0.39, 0.29) is 24.8 Å². The van der Waals surface area contributed by atoms with Crippen LogP contribution in [0.3, 0.4) is 0 Å². The van der Waals surface area contributed by atoms with E-state index < -0.39 is 5.92 Å². The highest BCUT2D eigenvalue weighted by molar-refractivity contribution is 5.81. The van der Waals surface area contributed by atoms with Crippen LogP contribution in [-0.2, 0) is 20.7 Å². The third-order valence-electron chi connectivity index (χ3n) is 2.99. The number of nitriles is 1. The Labute approximate surface area is 118 Å². The van der Waals surface area contributed by atoms with Gasteiger partial charge in [0.2, 0.25) is 5.91 Å². The van der Waals surface area contributed by atoms with Gasteiger partial charge in [-0.3, -0.25) is 9.59 Å². The zero-order valence-electron chi connectivity index (χ0n) is 11.7. The van der Waals surface area contributed by atoms with Gasteiger partial charge in [0.25, 0.3) is 0 Å². The van der Waals surface area contributed by atoms with Crippen molar-refractivity contribution in [1.82, 2.24) is 4.90 Å². The third kappa shape index (κ3) is 4.73. The molecule has 0 aliphatic carbocycles. The molecule has 0 fully saturated rings. The monoisotopic (exact) mass is 274 g/mol. The molecular formula is C15H18N2O3. The molecule has 106 valence electrons. The number of benzene rings is 1. The molecule has 0 saturated carbocycles. The molecule has 0 aliphatic rings. The zero-order chi connectivity index (χ0) is 15.0. The van der Waals surface area contributed by atoms with Crippen molar-refractivity contribution in [1.29, 1.82) is 5.26 Å². The summed E-state index contributed by atoms with van der Waals surface area (Å²) in [5.41, 5.74) is 0.939. The second-order valence-electron chi connectivity index (χ2n) is 4.46. The number of ether oxygens (including phenoxy) is 1. The van der Waals surface area contributed by atoms with Crippen molar-refractivity contribution in [2.24, 2.45) is 5.92 Å². The van der Waals surface area contributed by atoms with Crippen LogP contribution in [0.15, 0.2) is 30.3 Å². The molecule has 20 heavy (non-hydrogen) atoms. The van der Waals surface area contributed by atoms with Crippen LogP contribution < -0.4 is 0 Å². The molecule has 0 N–H and O–H groups in total. The number of carbonyl (C=O) groups excluding carboxylic acids is 2. The van der Waals surface area contributed by atoms with E-state index in [0.717, 1.165) is 5.56 Å². The maximum atomic E-state index is 12.1. The van der Waals surface area contributed by atoms with Gasteiger partial charge in [-0.15, -0.1) is 0 Å². The summed E-state index contributed by atoms with van der Waals surface area (Å²) in [7, 11) is 2.89. The van der Waals surface area contributed by atoms with Crippen molar-refractivity contribution in [3.05, 3.63) is 35.9 Å². The average molecular weight is 274 g/mol. The molecule has 0 heterocycles. The molecule has 1 aromatic carbocycles. The van der Waals surface area contributed by atoms with Gasteiger partial charge in [0.15, 0.2) is 0 Å². The summed E-state index contributed by atoms with van der Waals surface area (Å²) >= 11 is 0. The molecule has 1 atom stereocenters. The number of esters is 1.